The van der Waals surface area contributed by atoms with E-state index in [0.29, 0.717) is 12.1 Å². The molecule has 0 saturated carbocycles. The lowest BCUT2D eigenvalue weighted by Crippen LogP contribution is -2.32. The number of hydrogen-bond acceptors (Lipinski definition) is 4. The summed E-state index contributed by atoms with van der Waals surface area (Å²) in [5, 5.41) is 8.79. The topological polar surface area (TPSA) is 83.6 Å². The van der Waals surface area contributed by atoms with Gasteiger partial charge in [0.2, 0.25) is 10.0 Å². The molecule has 0 aliphatic carbocycles. The quantitative estimate of drug-likeness (QED) is 0.783. The Kier molecular flexibility index (Phi) is 5.88. The number of benzene rings is 1. The van der Waals surface area contributed by atoms with Crippen LogP contribution in [0.15, 0.2) is 17.0 Å². The van der Waals surface area contributed by atoms with Crippen LogP contribution in [-0.4, -0.2) is 37.5 Å². The molecular weight excluding hydrogens is 311 g/mol. The molecule has 5 nitrogen and oxygen atoms in total. The number of halogens is 2. The van der Waals surface area contributed by atoms with Gasteiger partial charge in [0, 0.05) is 25.4 Å². The largest absolute Gasteiger partial charge is 0.399 e. The molecule has 108 valence electrons. The van der Waals surface area contributed by atoms with Crippen molar-refractivity contribution in [3.8, 4) is 0 Å². The number of sulfonamides is 1. The molecule has 1 rings (SSSR count). The van der Waals surface area contributed by atoms with E-state index in [4.69, 9.17) is 34.0 Å². The van der Waals surface area contributed by atoms with Gasteiger partial charge >= 0.3 is 0 Å². The number of anilines is 1. The Morgan fingerprint density at radius 1 is 1.32 bits per heavy atom. The van der Waals surface area contributed by atoms with Gasteiger partial charge in [0.05, 0.1) is 10.0 Å². The fraction of sp³-hybridized carbons (Fsp3) is 0.455. The summed E-state index contributed by atoms with van der Waals surface area (Å²) in [7, 11) is -3.80. The van der Waals surface area contributed by atoms with Crippen molar-refractivity contribution in [3.63, 3.8) is 0 Å². The molecule has 0 saturated heterocycles. The predicted octanol–water partition coefficient (Wildman–Crippen LogP) is 1.97. The van der Waals surface area contributed by atoms with Crippen molar-refractivity contribution in [1.82, 2.24) is 4.31 Å². The molecule has 0 bridgehead atoms. The monoisotopic (exact) mass is 326 g/mol. The second-order valence-electron chi connectivity index (χ2n) is 3.89. The lowest BCUT2D eigenvalue weighted by molar-refractivity contribution is 0.271. The van der Waals surface area contributed by atoms with Crippen LogP contribution in [0.1, 0.15) is 13.3 Å². The lowest BCUT2D eigenvalue weighted by atomic mass is 10.3. The van der Waals surface area contributed by atoms with E-state index in [0.717, 1.165) is 0 Å². The van der Waals surface area contributed by atoms with E-state index >= 15 is 0 Å². The molecule has 0 aromatic heterocycles. The highest BCUT2D eigenvalue weighted by Gasteiger charge is 2.28. The van der Waals surface area contributed by atoms with Gasteiger partial charge in [-0.2, -0.15) is 4.31 Å². The summed E-state index contributed by atoms with van der Waals surface area (Å²) in [6.07, 6.45) is 0.345. The van der Waals surface area contributed by atoms with Gasteiger partial charge in [0.1, 0.15) is 4.90 Å². The molecule has 0 aliphatic heterocycles. The lowest BCUT2D eigenvalue weighted by Gasteiger charge is -2.21. The number of nitrogens with two attached hydrogens (primary N) is 1. The summed E-state index contributed by atoms with van der Waals surface area (Å²) >= 11 is 11.9. The minimum Gasteiger partial charge on any atom is -0.399 e. The third kappa shape index (κ3) is 3.73. The van der Waals surface area contributed by atoms with E-state index in [1.807, 2.05) is 0 Å². The number of nitrogen functional groups attached to an aromatic ring is 1. The van der Waals surface area contributed by atoms with Gasteiger partial charge in [-0.3, -0.25) is 0 Å². The van der Waals surface area contributed by atoms with Crippen LogP contribution in [0.4, 0.5) is 5.69 Å². The van der Waals surface area contributed by atoms with E-state index in [1.165, 1.54) is 16.4 Å². The van der Waals surface area contributed by atoms with E-state index in [9.17, 15) is 8.42 Å². The average molecular weight is 327 g/mol. The van der Waals surface area contributed by atoms with E-state index in [2.05, 4.69) is 0 Å². The van der Waals surface area contributed by atoms with Crippen molar-refractivity contribution in [2.75, 3.05) is 25.4 Å². The average Bonchev–Trinajstić information content (AvgIpc) is 2.27. The Morgan fingerprint density at radius 2 is 1.84 bits per heavy atom. The third-order valence-electron chi connectivity index (χ3n) is 2.54. The fourth-order valence-corrected chi connectivity index (χ4v) is 4.32. The Hall–Kier alpha value is -0.530. The van der Waals surface area contributed by atoms with Crippen molar-refractivity contribution >= 4 is 38.9 Å². The zero-order valence-electron chi connectivity index (χ0n) is 10.4. The number of aliphatic hydroxyl groups is 1. The molecule has 19 heavy (non-hydrogen) atoms. The van der Waals surface area contributed by atoms with E-state index in [1.54, 1.807) is 6.92 Å². The molecule has 0 fully saturated rings. The van der Waals surface area contributed by atoms with Gasteiger partial charge < -0.3 is 10.8 Å². The Balaban J connectivity index is 3.26. The molecule has 0 spiro atoms. The normalized spacial score (nSPS) is 12.1. The molecule has 8 heteroatoms. The highest BCUT2D eigenvalue weighted by molar-refractivity contribution is 7.89. The standard InChI is InChI=1S/C11H16Cl2N2O3S/c1-2-15(4-3-5-16)19(17,18)11-9(12)6-8(14)7-10(11)13/h6-7,16H,2-5,14H2,1H3. The third-order valence-corrected chi connectivity index (χ3v) is 5.43. The molecule has 0 amide bonds. The minimum absolute atomic E-state index is 0.00699. The number of aliphatic hydroxyl groups excluding tert-OH is 1. The van der Waals surface area contributed by atoms with Crippen LogP contribution in [0.3, 0.4) is 0 Å². The molecule has 0 heterocycles. The van der Waals surface area contributed by atoms with Crippen molar-refractivity contribution in [2.45, 2.75) is 18.2 Å². The summed E-state index contributed by atoms with van der Waals surface area (Å²) in [6.45, 7) is 2.08. The molecule has 0 unspecified atom stereocenters. The second-order valence-corrected chi connectivity index (χ2v) is 6.58. The summed E-state index contributed by atoms with van der Waals surface area (Å²) in [6, 6.07) is 2.69. The first kappa shape index (κ1) is 16.5. The number of rotatable bonds is 6. The first-order valence-electron chi connectivity index (χ1n) is 5.70. The Morgan fingerprint density at radius 3 is 2.26 bits per heavy atom. The fourth-order valence-electron chi connectivity index (χ4n) is 1.65. The first-order chi connectivity index (χ1) is 8.84. The maximum atomic E-state index is 12.5. The van der Waals surface area contributed by atoms with Crippen LogP contribution in [0.25, 0.3) is 0 Å². The van der Waals surface area contributed by atoms with Gasteiger partial charge in [-0.15, -0.1) is 0 Å². The predicted molar refractivity (Wildman–Crippen MR) is 77.0 cm³/mol. The van der Waals surface area contributed by atoms with Crippen LogP contribution in [0.5, 0.6) is 0 Å². The smallest absolute Gasteiger partial charge is 0.246 e. The number of nitrogens with zero attached hydrogens (tertiary/aromatic N) is 1. The molecule has 3 N–H and O–H groups in total. The maximum Gasteiger partial charge on any atom is 0.246 e. The van der Waals surface area contributed by atoms with Gasteiger partial charge in [-0.25, -0.2) is 8.42 Å². The van der Waals surface area contributed by atoms with Crippen LogP contribution in [0.2, 0.25) is 10.0 Å². The highest BCUT2D eigenvalue weighted by Crippen LogP contribution is 2.33. The van der Waals surface area contributed by atoms with Gasteiger partial charge in [0.15, 0.2) is 0 Å². The maximum absolute atomic E-state index is 12.5. The minimum atomic E-state index is -3.80. The molecule has 1 aromatic rings. The summed E-state index contributed by atoms with van der Waals surface area (Å²) < 4.78 is 26.1. The van der Waals surface area contributed by atoms with Crippen LogP contribution >= 0.6 is 23.2 Å². The zero-order valence-corrected chi connectivity index (χ0v) is 12.8. The van der Waals surface area contributed by atoms with Crippen LogP contribution in [-0.2, 0) is 10.0 Å². The van der Waals surface area contributed by atoms with Gasteiger partial charge in [-0.05, 0) is 18.6 Å². The Bertz CT molecular complexity index is 526. The van der Waals surface area contributed by atoms with E-state index in [-0.39, 0.29) is 34.6 Å². The van der Waals surface area contributed by atoms with Crippen molar-refractivity contribution in [3.05, 3.63) is 22.2 Å². The summed E-state index contributed by atoms with van der Waals surface area (Å²) in [5.41, 5.74) is 5.85. The Labute approximate surface area is 123 Å². The SMILES string of the molecule is CCN(CCCO)S(=O)(=O)c1c(Cl)cc(N)cc1Cl. The highest BCUT2D eigenvalue weighted by atomic mass is 35.5. The summed E-state index contributed by atoms with van der Waals surface area (Å²) in [5.74, 6) is 0. The van der Waals surface area contributed by atoms with Crippen molar-refractivity contribution in [2.24, 2.45) is 0 Å². The van der Waals surface area contributed by atoms with Crippen LogP contribution < -0.4 is 5.73 Å². The molecule has 0 radical (unpaired) electrons. The van der Waals surface area contributed by atoms with E-state index < -0.39 is 10.0 Å². The first-order valence-corrected chi connectivity index (χ1v) is 7.89. The van der Waals surface area contributed by atoms with Crippen LogP contribution in [0, 0.1) is 0 Å². The second kappa shape index (κ2) is 6.76. The molecule has 1 aromatic carbocycles. The zero-order chi connectivity index (χ0) is 14.6. The van der Waals surface area contributed by atoms with Gasteiger partial charge in [-0.1, -0.05) is 30.1 Å². The van der Waals surface area contributed by atoms with Gasteiger partial charge in [0.25, 0.3) is 0 Å². The summed E-state index contributed by atoms with van der Waals surface area (Å²) in [4.78, 5) is -0.148. The molecule has 0 atom stereocenters. The molecule has 0 aliphatic rings. The molecular formula is C11H16Cl2N2O3S. The van der Waals surface area contributed by atoms with Crippen molar-refractivity contribution in [1.29, 1.82) is 0 Å². The van der Waals surface area contributed by atoms with Crippen molar-refractivity contribution < 1.29 is 13.5 Å². The number of hydrogen-bond donors (Lipinski definition) is 2.